The predicted octanol–water partition coefficient (Wildman–Crippen LogP) is 6.55. The fourth-order valence-corrected chi connectivity index (χ4v) is 5.13. The molecule has 1 aliphatic heterocycles. The summed E-state index contributed by atoms with van der Waals surface area (Å²) in [5, 5.41) is 6.25. The van der Waals surface area contributed by atoms with Gasteiger partial charge in [0.05, 0.1) is 17.5 Å². The number of carbonyl (C=O) groups is 2. The zero-order valence-electron chi connectivity index (χ0n) is 21.6. The van der Waals surface area contributed by atoms with E-state index in [1.54, 1.807) is 0 Å². The Morgan fingerprint density at radius 3 is 1.79 bits per heavy atom. The molecule has 192 valence electrons. The van der Waals surface area contributed by atoms with Gasteiger partial charge in [-0.05, 0) is 54.7 Å². The van der Waals surface area contributed by atoms with Crippen LogP contribution in [0.4, 0.5) is 11.4 Å². The van der Waals surface area contributed by atoms with Gasteiger partial charge < -0.3 is 15.5 Å². The molecular weight excluding hydrogens is 470 g/mol. The van der Waals surface area contributed by atoms with Crippen LogP contribution in [0.1, 0.15) is 58.8 Å². The standard InChI is InChI=1S/C33H33N3O2/c1-24(25-13-5-2-6-14-25)34-32(37)29-23-28(19-20-30(29)36-21-11-12-22-36)35-33(38)31(26-15-7-3-8-16-26)27-17-9-4-10-18-27/h2-10,13-20,23-24,31H,11-12,21-22H2,1H3,(H,34,37)(H,35,38). The summed E-state index contributed by atoms with van der Waals surface area (Å²) >= 11 is 0. The highest BCUT2D eigenvalue weighted by Gasteiger charge is 2.25. The minimum absolute atomic E-state index is 0.139. The summed E-state index contributed by atoms with van der Waals surface area (Å²) in [6, 6.07) is 35.0. The third-order valence-electron chi connectivity index (χ3n) is 7.13. The van der Waals surface area contributed by atoms with E-state index in [4.69, 9.17) is 0 Å². The van der Waals surface area contributed by atoms with Crippen LogP contribution in [0.25, 0.3) is 0 Å². The van der Waals surface area contributed by atoms with Crippen molar-refractivity contribution in [3.8, 4) is 0 Å². The molecule has 0 aliphatic carbocycles. The van der Waals surface area contributed by atoms with Crippen molar-refractivity contribution in [3.05, 3.63) is 131 Å². The van der Waals surface area contributed by atoms with Gasteiger partial charge in [-0.1, -0.05) is 91.0 Å². The molecule has 5 heteroatoms. The molecule has 38 heavy (non-hydrogen) atoms. The number of benzene rings is 4. The molecule has 1 aliphatic rings. The molecule has 5 nitrogen and oxygen atoms in total. The van der Waals surface area contributed by atoms with Gasteiger partial charge in [-0.25, -0.2) is 0 Å². The average molecular weight is 504 g/mol. The largest absolute Gasteiger partial charge is 0.371 e. The van der Waals surface area contributed by atoms with Gasteiger partial charge in [0.15, 0.2) is 0 Å². The first-order chi connectivity index (χ1) is 18.6. The van der Waals surface area contributed by atoms with E-state index >= 15 is 0 Å². The molecule has 1 unspecified atom stereocenters. The third-order valence-corrected chi connectivity index (χ3v) is 7.13. The van der Waals surface area contributed by atoms with Crippen molar-refractivity contribution < 1.29 is 9.59 Å². The zero-order chi connectivity index (χ0) is 26.3. The first-order valence-corrected chi connectivity index (χ1v) is 13.3. The Morgan fingerprint density at radius 2 is 1.24 bits per heavy atom. The van der Waals surface area contributed by atoms with E-state index < -0.39 is 5.92 Å². The molecule has 1 saturated heterocycles. The van der Waals surface area contributed by atoms with Gasteiger partial charge in [0.25, 0.3) is 5.91 Å². The van der Waals surface area contributed by atoms with Crippen LogP contribution in [-0.2, 0) is 4.79 Å². The summed E-state index contributed by atoms with van der Waals surface area (Å²) < 4.78 is 0. The minimum Gasteiger partial charge on any atom is -0.371 e. The second-order valence-electron chi connectivity index (χ2n) is 9.78. The van der Waals surface area contributed by atoms with Crippen molar-refractivity contribution in [1.29, 1.82) is 0 Å². The van der Waals surface area contributed by atoms with E-state index in [9.17, 15) is 9.59 Å². The van der Waals surface area contributed by atoms with Gasteiger partial charge in [-0.2, -0.15) is 0 Å². The second-order valence-corrected chi connectivity index (χ2v) is 9.78. The quantitative estimate of drug-likeness (QED) is 0.287. The molecule has 1 fully saturated rings. The molecular formula is C33H33N3O2. The molecule has 0 bridgehead atoms. The Bertz CT molecular complexity index is 1330. The number of nitrogens with zero attached hydrogens (tertiary/aromatic N) is 1. The van der Waals surface area contributed by atoms with E-state index in [0.717, 1.165) is 48.3 Å². The fourth-order valence-electron chi connectivity index (χ4n) is 5.13. The van der Waals surface area contributed by atoms with Crippen LogP contribution >= 0.6 is 0 Å². The lowest BCUT2D eigenvalue weighted by Crippen LogP contribution is -2.30. The van der Waals surface area contributed by atoms with Gasteiger partial charge in [0, 0.05) is 24.5 Å². The summed E-state index contributed by atoms with van der Waals surface area (Å²) in [5.74, 6) is -0.756. The van der Waals surface area contributed by atoms with Crippen LogP contribution in [-0.4, -0.2) is 24.9 Å². The first-order valence-electron chi connectivity index (χ1n) is 13.3. The van der Waals surface area contributed by atoms with Crippen molar-refractivity contribution in [1.82, 2.24) is 5.32 Å². The molecule has 2 amide bonds. The van der Waals surface area contributed by atoms with E-state index in [1.165, 1.54) is 0 Å². The van der Waals surface area contributed by atoms with Crippen LogP contribution in [0, 0.1) is 0 Å². The highest BCUT2D eigenvalue weighted by atomic mass is 16.2. The maximum atomic E-state index is 13.7. The molecule has 1 heterocycles. The number of nitrogens with one attached hydrogen (secondary N) is 2. The first kappa shape index (κ1) is 25.3. The number of hydrogen-bond acceptors (Lipinski definition) is 3. The third kappa shape index (κ3) is 5.78. The highest BCUT2D eigenvalue weighted by Crippen LogP contribution is 2.30. The molecule has 2 N–H and O–H groups in total. The zero-order valence-corrected chi connectivity index (χ0v) is 21.6. The van der Waals surface area contributed by atoms with Gasteiger partial charge >= 0.3 is 0 Å². The van der Waals surface area contributed by atoms with Gasteiger partial charge in [0.1, 0.15) is 0 Å². The van der Waals surface area contributed by atoms with Crippen LogP contribution in [0.5, 0.6) is 0 Å². The SMILES string of the molecule is CC(NC(=O)c1cc(NC(=O)C(c2ccccc2)c2ccccc2)ccc1N1CCCC1)c1ccccc1. The number of hydrogen-bond donors (Lipinski definition) is 2. The van der Waals surface area contributed by atoms with Gasteiger partial charge in [-0.3, -0.25) is 9.59 Å². The molecule has 4 aromatic carbocycles. The normalized spacial score (nSPS) is 13.8. The van der Waals surface area contributed by atoms with E-state index in [0.29, 0.717) is 11.3 Å². The molecule has 1 atom stereocenters. The summed E-state index contributed by atoms with van der Waals surface area (Å²) in [5.41, 5.74) is 4.96. The second kappa shape index (κ2) is 11.8. The average Bonchev–Trinajstić information content (AvgIpc) is 3.50. The van der Waals surface area contributed by atoms with Crippen LogP contribution < -0.4 is 15.5 Å². The maximum absolute atomic E-state index is 13.7. The number of amides is 2. The lowest BCUT2D eigenvalue weighted by molar-refractivity contribution is -0.116. The Labute approximate surface area is 224 Å². The maximum Gasteiger partial charge on any atom is 0.253 e. The number of carbonyl (C=O) groups excluding carboxylic acids is 2. The van der Waals surface area contributed by atoms with Crippen LogP contribution in [0.15, 0.2) is 109 Å². The predicted molar refractivity (Wildman–Crippen MR) is 154 cm³/mol. The Hall–Kier alpha value is -4.38. The molecule has 0 spiro atoms. The van der Waals surface area contributed by atoms with Crippen molar-refractivity contribution in [3.63, 3.8) is 0 Å². The Morgan fingerprint density at radius 1 is 0.711 bits per heavy atom. The minimum atomic E-state index is -0.467. The van der Waals surface area contributed by atoms with Crippen molar-refractivity contribution in [2.45, 2.75) is 31.7 Å². The van der Waals surface area contributed by atoms with E-state index in [2.05, 4.69) is 15.5 Å². The van der Waals surface area contributed by atoms with Gasteiger partial charge in [0.2, 0.25) is 5.91 Å². The molecule has 4 aromatic rings. The summed E-state index contributed by atoms with van der Waals surface area (Å²) in [6.45, 7) is 3.83. The Kier molecular flexibility index (Phi) is 7.84. The number of anilines is 2. The Balaban J connectivity index is 1.43. The lowest BCUT2D eigenvalue weighted by atomic mass is 9.90. The monoisotopic (exact) mass is 503 g/mol. The smallest absolute Gasteiger partial charge is 0.253 e. The molecule has 5 rings (SSSR count). The summed E-state index contributed by atoms with van der Waals surface area (Å²) in [4.78, 5) is 29.5. The lowest BCUT2D eigenvalue weighted by Gasteiger charge is -2.24. The van der Waals surface area contributed by atoms with Crippen molar-refractivity contribution in [2.75, 3.05) is 23.3 Å². The van der Waals surface area contributed by atoms with Crippen molar-refractivity contribution >= 4 is 23.2 Å². The highest BCUT2D eigenvalue weighted by molar-refractivity contribution is 6.03. The van der Waals surface area contributed by atoms with E-state index in [1.807, 2.05) is 116 Å². The summed E-state index contributed by atoms with van der Waals surface area (Å²) in [7, 11) is 0. The molecule has 0 aromatic heterocycles. The fraction of sp³-hybridized carbons (Fsp3) is 0.212. The summed E-state index contributed by atoms with van der Waals surface area (Å²) in [6.07, 6.45) is 2.21. The van der Waals surface area contributed by atoms with Crippen LogP contribution in [0.3, 0.4) is 0 Å². The van der Waals surface area contributed by atoms with Gasteiger partial charge in [-0.15, -0.1) is 0 Å². The van der Waals surface area contributed by atoms with Crippen LogP contribution in [0.2, 0.25) is 0 Å². The molecule has 0 saturated carbocycles. The van der Waals surface area contributed by atoms with E-state index in [-0.39, 0.29) is 17.9 Å². The number of rotatable bonds is 8. The molecule has 0 radical (unpaired) electrons. The topological polar surface area (TPSA) is 61.4 Å². The van der Waals surface area contributed by atoms with Crippen molar-refractivity contribution in [2.24, 2.45) is 0 Å².